The highest BCUT2D eigenvalue weighted by Gasteiger charge is 2.54. The molecule has 2 fully saturated rings. The van der Waals surface area contributed by atoms with Gasteiger partial charge in [0.1, 0.15) is 24.6 Å². The monoisotopic (exact) mass is 633 g/mol. The first kappa shape index (κ1) is 35.6. The summed E-state index contributed by atoms with van der Waals surface area (Å²) in [5.74, 6) is 0.165. The average molecular weight is 634 g/mol. The van der Waals surface area contributed by atoms with Gasteiger partial charge >= 0.3 is 5.97 Å². The Morgan fingerprint density at radius 1 is 0.913 bits per heavy atom. The minimum atomic E-state index is -0.533. The van der Waals surface area contributed by atoms with E-state index in [4.69, 9.17) is 9.84 Å². The minimum absolute atomic E-state index is 0.0128. The van der Waals surface area contributed by atoms with E-state index in [1.165, 1.54) is 5.57 Å². The quantitative estimate of drug-likeness (QED) is 0.126. The van der Waals surface area contributed by atoms with Gasteiger partial charge < -0.3 is 10.1 Å². The van der Waals surface area contributed by atoms with Crippen LogP contribution in [0.3, 0.4) is 0 Å². The Morgan fingerprint density at radius 3 is 2.17 bits per heavy atom. The summed E-state index contributed by atoms with van der Waals surface area (Å²) >= 11 is 0. The van der Waals surface area contributed by atoms with Crippen LogP contribution in [0, 0.1) is 34.5 Å². The first-order valence-corrected chi connectivity index (χ1v) is 17.2. The molecule has 2 N–H and O–H groups in total. The molecule has 1 amide bonds. The van der Waals surface area contributed by atoms with E-state index in [0.717, 1.165) is 61.1 Å². The highest BCUT2D eigenvalue weighted by Crippen LogP contribution is 2.57. The Labute approximate surface area is 275 Å². The van der Waals surface area contributed by atoms with Crippen molar-refractivity contribution in [1.29, 1.82) is 0 Å². The summed E-state index contributed by atoms with van der Waals surface area (Å²) < 4.78 is 5.23. The standard InChI is InChI=1S/C38H55N3O5/c1-24-33-30-21-27(22-31(30)36(45)39-18-19-46-32(44)23-29(43)11-9-17-38(5,6)7)34(33)35(41-40-24)26-14-12-25(13-15-26)20-28(42)10-8-16-37(2,3)4/h12-15,27,30-31,34,40H,8-11,16-23H2,1-7H3,(H,39,45). The molecule has 4 rings (SSSR count). The summed E-state index contributed by atoms with van der Waals surface area (Å²) in [5.41, 5.74) is 9.02. The maximum Gasteiger partial charge on any atom is 0.313 e. The highest BCUT2D eigenvalue weighted by atomic mass is 16.5. The molecule has 8 nitrogen and oxygen atoms in total. The second-order valence-corrected chi connectivity index (χ2v) is 16.1. The lowest BCUT2D eigenvalue weighted by atomic mass is 9.73. The molecule has 3 aliphatic rings. The van der Waals surface area contributed by atoms with Gasteiger partial charge in [0.2, 0.25) is 5.91 Å². The number of ether oxygens (including phenoxy) is 1. The molecular formula is C38H55N3O5. The van der Waals surface area contributed by atoms with Crippen LogP contribution in [0.2, 0.25) is 0 Å². The maximum atomic E-state index is 13.2. The number of nitrogens with zero attached hydrogens (tertiary/aromatic N) is 1. The summed E-state index contributed by atoms with van der Waals surface area (Å²) in [6.45, 7) is 15.3. The van der Waals surface area contributed by atoms with E-state index < -0.39 is 5.97 Å². The van der Waals surface area contributed by atoms with Gasteiger partial charge in [-0.15, -0.1) is 0 Å². The van der Waals surface area contributed by atoms with Crippen molar-refractivity contribution in [3.05, 3.63) is 46.7 Å². The zero-order valence-electron chi connectivity index (χ0n) is 29.1. The smallest absolute Gasteiger partial charge is 0.313 e. The van der Waals surface area contributed by atoms with Crippen LogP contribution in [0.25, 0.3) is 0 Å². The van der Waals surface area contributed by atoms with E-state index in [1.54, 1.807) is 0 Å². The number of hydrogen-bond acceptors (Lipinski definition) is 7. The molecule has 0 radical (unpaired) electrons. The lowest BCUT2D eigenvalue weighted by molar-refractivity contribution is -0.146. The van der Waals surface area contributed by atoms with Gasteiger partial charge in [0.15, 0.2) is 0 Å². The molecule has 8 heteroatoms. The number of esters is 1. The second-order valence-electron chi connectivity index (χ2n) is 16.1. The number of fused-ring (bicyclic) bond motifs is 5. The Bertz CT molecular complexity index is 1350. The van der Waals surface area contributed by atoms with E-state index in [-0.39, 0.29) is 65.6 Å². The number of hydrazone groups is 1. The molecule has 1 heterocycles. The molecule has 2 saturated carbocycles. The molecule has 46 heavy (non-hydrogen) atoms. The van der Waals surface area contributed by atoms with Gasteiger partial charge in [-0.05, 0) is 84.8 Å². The van der Waals surface area contributed by atoms with Crippen LogP contribution in [0.5, 0.6) is 0 Å². The fraction of sp³-hybridized carbons (Fsp3) is 0.658. The summed E-state index contributed by atoms with van der Waals surface area (Å²) in [5, 5.41) is 7.72. The van der Waals surface area contributed by atoms with Gasteiger partial charge in [-0.25, -0.2) is 0 Å². The number of ketones is 2. The fourth-order valence-electron chi connectivity index (χ4n) is 7.38. The predicted molar refractivity (Wildman–Crippen MR) is 181 cm³/mol. The second kappa shape index (κ2) is 15.1. The van der Waals surface area contributed by atoms with Crippen LogP contribution in [0.4, 0.5) is 0 Å². The van der Waals surface area contributed by atoms with Crippen molar-refractivity contribution in [1.82, 2.24) is 10.7 Å². The molecule has 2 bridgehead atoms. The molecule has 1 aromatic rings. The first-order chi connectivity index (χ1) is 21.6. The Hall–Kier alpha value is -3.29. The number of carbonyl (C=O) groups excluding carboxylic acids is 4. The van der Waals surface area contributed by atoms with E-state index in [2.05, 4.69) is 64.4 Å². The zero-order valence-corrected chi connectivity index (χ0v) is 29.1. The summed E-state index contributed by atoms with van der Waals surface area (Å²) in [7, 11) is 0. The van der Waals surface area contributed by atoms with Crippen LogP contribution in [0.1, 0.15) is 117 Å². The van der Waals surface area contributed by atoms with Crippen molar-refractivity contribution in [3.8, 4) is 0 Å². The van der Waals surface area contributed by atoms with Crippen molar-refractivity contribution in [2.24, 2.45) is 39.6 Å². The first-order valence-electron chi connectivity index (χ1n) is 17.2. The molecule has 1 aliphatic heterocycles. The lowest BCUT2D eigenvalue weighted by Crippen LogP contribution is -2.41. The third kappa shape index (κ3) is 9.85. The molecular weight excluding hydrogens is 578 g/mol. The fourth-order valence-corrected chi connectivity index (χ4v) is 7.38. The summed E-state index contributed by atoms with van der Waals surface area (Å²) in [4.78, 5) is 50.0. The van der Waals surface area contributed by atoms with Crippen molar-refractivity contribution >= 4 is 29.2 Å². The molecule has 4 unspecified atom stereocenters. The Balaban J connectivity index is 1.23. The topological polar surface area (TPSA) is 114 Å². The van der Waals surface area contributed by atoms with Crippen molar-refractivity contribution < 1.29 is 23.9 Å². The number of rotatable bonds is 15. The lowest BCUT2D eigenvalue weighted by Gasteiger charge is -2.35. The highest BCUT2D eigenvalue weighted by molar-refractivity contribution is 6.05. The average Bonchev–Trinajstić information content (AvgIpc) is 3.55. The molecule has 252 valence electrons. The van der Waals surface area contributed by atoms with Gasteiger partial charge in [-0.2, -0.15) is 5.10 Å². The zero-order chi connectivity index (χ0) is 33.6. The Kier molecular flexibility index (Phi) is 11.7. The van der Waals surface area contributed by atoms with Crippen LogP contribution >= 0.6 is 0 Å². The molecule has 2 aliphatic carbocycles. The minimum Gasteiger partial charge on any atom is -0.463 e. The van der Waals surface area contributed by atoms with E-state index in [1.807, 2.05) is 19.1 Å². The number of Topliss-reactive ketones (excluding diaryl/α,β-unsaturated/α-hetero) is 2. The van der Waals surface area contributed by atoms with Gasteiger partial charge in [0.25, 0.3) is 0 Å². The van der Waals surface area contributed by atoms with Crippen molar-refractivity contribution in [3.63, 3.8) is 0 Å². The predicted octanol–water partition coefficient (Wildman–Crippen LogP) is 6.70. The Morgan fingerprint density at radius 2 is 1.54 bits per heavy atom. The SMILES string of the molecule is CC1=C2C3CC(CC3C(=O)NCCOC(=O)CC(=O)CCCC(C)(C)C)C2C(c2ccc(CC(=O)CCCC(C)(C)C)cc2)=NN1. The van der Waals surface area contributed by atoms with E-state index >= 15 is 0 Å². The van der Waals surface area contributed by atoms with E-state index in [9.17, 15) is 19.2 Å². The normalized spacial score (nSPS) is 22.2. The summed E-state index contributed by atoms with van der Waals surface area (Å²) in [6.07, 6.45) is 6.65. The number of carbonyl (C=O) groups is 4. The van der Waals surface area contributed by atoms with Gasteiger partial charge in [-0.1, -0.05) is 65.8 Å². The van der Waals surface area contributed by atoms with E-state index in [0.29, 0.717) is 25.2 Å². The number of allylic oxidation sites excluding steroid dienone is 2. The van der Waals surface area contributed by atoms with Gasteiger partial charge in [-0.3, -0.25) is 24.6 Å². The van der Waals surface area contributed by atoms with Crippen LogP contribution < -0.4 is 10.7 Å². The van der Waals surface area contributed by atoms with Gasteiger partial charge in [0.05, 0.1) is 12.3 Å². The van der Waals surface area contributed by atoms with Crippen LogP contribution in [0.15, 0.2) is 40.6 Å². The third-order valence-electron chi connectivity index (χ3n) is 9.64. The maximum absolute atomic E-state index is 13.2. The molecule has 0 aromatic heterocycles. The summed E-state index contributed by atoms with van der Waals surface area (Å²) in [6, 6.07) is 8.24. The molecule has 0 spiro atoms. The largest absolute Gasteiger partial charge is 0.463 e. The van der Waals surface area contributed by atoms with Gasteiger partial charge in [0, 0.05) is 36.8 Å². The number of nitrogens with one attached hydrogen (secondary N) is 2. The number of amides is 1. The number of hydrogen-bond donors (Lipinski definition) is 2. The molecule has 0 saturated heterocycles. The number of benzene rings is 1. The van der Waals surface area contributed by atoms with Crippen molar-refractivity contribution in [2.75, 3.05) is 13.2 Å². The van der Waals surface area contributed by atoms with Crippen LogP contribution in [-0.4, -0.2) is 42.3 Å². The van der Waals surface area contributed by atoms with Crippen molar-refractivity contribution in [2.45, 2.75) is 113 Å². The van der Waals surface area contributed by atoms with Crippen LogP contribution in [-0.2, 0) is 30.3 Å². The molecule has 4 atom stereocenters. The molecule has 1 aromatic carbocycles. The third-order valence-corrected chi connectivity index (χ3v) is 9.64.